The molecule has 1 saturated carbocycles. The molecule has 5 aromatic rings. The van der Waals surface area contributed by atoms with Crippen molar-refractivity contribution in [1.82, 2.24) is 9.47 Å². The van der Waals surface area contributed by atoms with Crippen LogP contribution in [0.5, 0.6) is 5.75 Å². The first-order chi connectivity index (χ1) is 25.2. The van der Waals surface area contributed by atoms with Crippen LogP contribution in [0.4, 0.5) is 9.18 Å². The molecule has 52 heavy (non-hydrogen) atoms. The van der Waals surface area contributed by atoms with Crippen molar-refractivity contribution < 1.29 is 38.1 Å². The van der Waals surface area contributed by atoms with Gasteiger partial charge in [0.05, 0.1) is 30.7 Å². The fraction of sp³-hybridized carbons (Fsp3) is 0.268. The number of halogens is 1. The number of rotatable bonds is 9. The third kappa shape index (κ3) is 5.66. The van der Waals surface area contributed by atoms with Crippen LogP contribution in [0.3, 0.4) is 0 Å². The van der Waals surface area contributed by atoms with Crippen LogP contribution in [0.2, 0.25) is 0 Å². The number of methoxy groups -OCH3 is 2. The van der Waals surface area contributed by atoms with E-state index in [1.807, 2.05) is 91.0 Å². The fourth-order valence-corrected chi connectivity index (χ4v) is 7.84. The smallest absolute Gasteiger partial charge is 0.411 e. The zero-order chi connectivity index (χ0) is 36.6. The van der Waals surface area contributed by atoms with E-state index in [0.29, 0.717) is 24.0 Å². The minimum atomic E-state index is -1.78. The Hall–Kier alpha value is -5.97. The second-order valence-electron chi connectivity index (χ2n) is 13.3. The molecule has 2 aliphatic rings. The molecule has 0 spiro atoms. The second-order valence-corrected chi connectivity index (χ2v) is 13.3. The van der Waals surface area contributed by atoms with Crippen LogP contribution in [-0.4, -0.2) is 53.4 Å². The van der Waals surface area contributed by atoms with Gasteiger partial charge in [-0.2, -0.15) is 0 Å². The Labute approximate surface area is 299 Å². The number of aromatic nitrogens is 1. The highest BCUT2D eigenvalue weighted by Gasteiger charge is 2.59. The fourth-order valence-electron chi connectivity index (χ4n) is 7.84. The van der Waals surface area contributed by atoms with Crippen molar-refractivity contribution in [2.75, 3.05) is 20.8 Å². The van der Waals surface area contributed by atoms with E-state index >= 15 is 4.39 Å². The summed E-state index contributed by atoms with van der Waals surface area (Å²) in [6.07, 6.45) is 1.76. The van der Waals surface area contributed by atoms with Gasteiger partial charge in [-0.3, -0.25) is 14.5 Å². The molecule has 0 radical (unpaired) electrons. The Morgan fingerprint density at radius 1 is 0.904 bits per heavy atom. The molecule has 1 amide bonds. The van der Waals surface area contributed by atoms with Gasteiger partial charge in [-0.15, -0.1) is 0 Å². The number of likely N-dealkylation sites (tertiary alicyclic amines) is 1. The van der Waals surface area contributed by atoms with E-state index < -0.39 is 45.8 Å². The lowest BCUT2D eigenvalue weighted by Gasteiger charge is -2.53. The molecule has 1 saturated heterocycles. The van der Waals surface area contributed by atoms with Crippen LogP contribution in [-0.2, 0) is 31.8 Å². The molecule has 1 unspecified atom stereocenters. The number of aromatic carboxylic acids is 1. The molecule has 1 atom stereocenters. The Balaban J connectivity index is 1.50. The molecule has 10 nitrogen and oxygen atoms in total. The number of carbonyl (C=O) groups excluding carboxylic acids is 2. The van der Waals surface area contributed by atoms with Crippen LogP contribution in [0.15, 0.2) is 108 Å². The van der Waals surface area contributed by atoms with E-state index in [1.165, 1.54) is 20.4 Å². The number of amides is 1. The quantitative estimate of drug-likeness (QED) is 0.163. The van der Waals surface area contributed by atoms with Gasteiger partial charge in [0.15, 0.2) is 5.75 Å². The van der Waals surface area contributed by atoms with Crippen LogP contribution < -0.4 is 10.2 Å². The number of carboxylic acids is 1. The van der Waals surface area contributed by atoms with Crippen LogP contribution in [0, 0.1) is 5.82 Å². The van der Waals surface area contributed by atoms with Crippen molar-refractivity contribution in [3.8, 4) is 5.75 Å². The zero-order valence-electron chi connectivity index (χ0n) is 28.7. The molecular formula is C41H37FN2O8. The number of piperidine rings is 1. The molecule has 266 valence electrons. The highest BCUT2D eigenvalue weighted by Crippen LogP contribution is 2.55. The predicted octanol–water partition coefficient (Wildman–Crippen LogP) is 6.97. The summed E-state index contributed by atoms with van der Waals surface area (Å²) in [6.45, 7) is -0.0668. The van der Waals surface area contributed by atoms with Gasteiger partial charge in [-0.25, -0.2) is 14.0 Å². The third-order valence-electron chi connectivity index (χ3n) is 10.4. The Bertz CT molecular complexity index is 2180. The minimum absolute atomic E-state index is 0.00211. The van der Waals surface area contributed by atoms with Crippen molar-refractivity contribution in [2.45, 2.75) is 49.3 Å². The van der Waals surface area contributed by atoms with Gasteiger partial charge in [0.1, 0.15) is 23.4 Å². The summed E-state index contributed by atoms with van der Waals surface area (Å²) >= 11 is 0. The third-order valence-corrected chi connectivity index (χ3v) is 10.4. The maximum atomic E-state index is 17.1. The Morgan fingerprint density at radius 3 is 2.04 bits per heavy atom. The first-order valence-corrected chi connectivity index (χ1v) is 17.0. The van der Waals surface area contributed by atoms with Gasteiger partial charge in [0.25, 0.3) is 0 Å². The van der Waals surface area contributed by atoms with Gasteiger partial charge in [-0.1, -0.05) is 91.0 Å². The molecular weight excluding hydrogens is 667 g/mol. The first kappa shape index (κ1) is 34.5. The maximum absolute atomic E-state index is 17.1. The molecule has 4 aromatic carbocycles. The highest BCUT2D eigenvalue weighted by molar-refractivity contribution is 5.97. The summed E-state index contributed by atoms with van der Waals surface area (Å²) in [5, 5.41) is 9.68. The van der Waals surface area contributed by atoms with Crippen molar-refractivity contribution in [3.63, 3.8) is 0 Å². The SMILES string of the molecule is COC(=O)C1(c2c(F)cc3c(=O)c(C(=O)O)cn(C4CC4)c3c2OC)CCN(C(=O)OCc2ccccc2)C(c2ccccc2)(c2ccccc2)C1. The molecule has 1 aliphatic heterocycles. The van der Waals surface area contributed by atoms with Crippen molar-refractivity contribution in [2.24, 2.45) is 0 Å². The molecule has 1 N–H and O–H groups in total. The Morgan fingerprint density at radius 2 is 1.50 bits per heavy atom. The molecule has 1 aromatic heterocycles. The average molecular weight is 705 g/mol. The van der Waals surface area contributed by atoms with Gasteiger partial charge >= 0.3 is 18.0 Å². The normalized spacial score (nSPS) is 18.1. The van der Waals surface area contributed by atoms with Gasteiger partial charge in [-0.05, 0) is 48.4 Å². The number of pyridine rings is 1. The number of carboxylic acid groups (broad SMARTS) is 1. The number of fused-ring (bicyclic) bond motifs is 1. The first-order valence-electron chi connectivity index (χ1n) is 17.0. The van der Waals surface area contributed by atoms with E-state index in [1.54, 1.807) is 9.47 Å². The van der Waals surface area contributed by atoms with Gasteiger partial charge < -0.3 is 23.9 Å². The molecule has 0 bridgehead atoms. The monoisotopic (exact) mass is 704 g/mol. The topological polar surface area (TPSA) is 124 Å². The summed E-state index contributed by atoms with van der Waals surface area (Å²) in [5.41, 5.74) is -2.42. The van der Waals surface area contributed by atoms with E-state index in [9.17, 15) is 24.3 Å². The number of hydrogen-bond acceptors (Lipinski definition) is 7. The number of ether oxygens (including phenoxy) is 3. The lowest BCUT2D eigenvalue weighted by molar-refractivity contribution is -0.152. The average Bonchev–Trinajstić information content (AvgIpc) is 4.03. The summed E-state index contributed by atoms with van der Waals surface area (Å²) < 4.78 is 36.1. The van der Waals surface area contributed by atoms with E-state index in [4.69, 9.17) is 14.2 Å². The van der Waals surface area contributed by atoms with E-state index in [-0.39, 0.29) is 54.3 Å². The number of carbonyl (C=O) groups is 3. The van der Waals surface area contributed by atoms with Gasteiger partial charge in [0, 0.05) is 24.3 Å². The Kier molecular flexibility index (Phi) is 9.04. The van der Waals surface area contributed by atoms with Crippen molar-refractivity contribution >= 4 is 28.9 Å². The molecule has 1 aliphatic carbocycles. The molecule has 2 fully saturated rings. The number of nitrogens with zero attached hydrogens (tertiary/aromatic N) is 2. The summed E-state index contributed by atoms with van der Waals surface area (Å²) in [5.74, 6) is -3.21. The number of hydrogen-bond donors (Lipinski definition) is 1. The summed E-state index contributed by atoms with van der Waals surface area (Å²) in [6, 6.07) is 28.5. The van der Waals surface area contributed by atoms with E-state index in [2.05, 4.69) is 0 Å². The molecule has 2 heterocycles. The summed E-state index contributed by atoms with van der Waals surface area (Å²) in [4.78, 5) is 56.1. The molecule has 7 rings (SSSR count). The second kappa shape index (κ2) is 13.6. The number of esters is 1. The largest absolute Gasteiger partial charge is 0.494 e. The van der Waals surface area contributed by atoms with Gasteiger partial charge in [0.2, 0.25) is 5.43 Å². The van der Waals surface area contributed by atoms with E-state index in [0.717, 1.165) is 11.6 Å². The highest BCUT2D eigenvalue weighted by atomic mass is 19.1. The minimum Gasteiger partial charge on any atom is -0.494 e. The summed E-state index contributed by atoms with van der Waals surface area (Å²) in [7, 11) is 2.55. The zero-order valence-corrected chi connectivity index (χ0v) is 28.7. The van der Waals surface area contributed by atoms with Crippen molar-refractivity contribution in [3.05, 3.63) is 147 Å². The molecule has 11 heteroatoms. The predicted molar refractivity (Wildman–Crippen MR) is 190 cm³/mol. The van der Waals surface area contributed by atoms with Crippen LogP contribution in [0.1, 0.15) is 64.3 Å². The lowest BCUT2D eigenvalue weighted by atomic mass is 9.61. The van der Waals surface area contributed by atoms with Crippen molar-refractivity contribution in [1.29, 1.82) is 0 Å². The van der Waals surface area contributed by atoms with Crippen LogP contribution >= 0.6 is 0 Å². The maximum Gasteiger partial charge on any atom is 0.411 e. The number of benzene rings is 4. The standard InChI is InChI=1S/C41H37FN2O8/c1-50-36-33(32(42)22-30-34(36)43(29-18-19-29)23-31(35(30)45)37(46)47)40(38(48)51-2)20-21-44(39(49)52-24-26-12-6-3-7-13-26)41(25-40,27-14-8-4-9-15-27)28-16-10-5-11-17-28/h3-17,22-23,29H,18-21,24-25H2,1-2H3,(H,46,47). The lowest BCUT2D eigenvalue weighted by Crippen LogP contribution is -2.61. The van der Waals surface area contributed by atoms with Crippen LogP contribution in [0.25, 0.3) is 10.9 Å².